The van der Waals surface area contributed by atoms with Crippen LogP contribution in [-0.4, -0.2) is 30.2 Å². The summed E-state index contributed by atoms with van der Waals surface area (Å²) in [4.78, 5) is 25.8. The lowest BCUT2D eigenvalue weighted by Crippen LogP contribution is -2.36. The summed E-state index contributed by atoms with van der Waals surface area (Å²) < 4.78 is 0. The SMILES string of the molecule is O=C(CSc1ccccc1C(=O)NC1CCCCC1)NCC1CCCCC1. The van der Waals surface area contributed by atoms with Gasteiger partial charge in [-0.05, 0) is 43.7 Å². The number of carbonyl (C=O) groups excluding carboxylic acids is 2. The zero-order chi connectivity index (χ0) is 18.9. The molecule has 4 nitrogen and oxygen atoms in total. The third-order valence-electron chi connectivity index (χ3n) is 5.74. The molecule has 0 heterocycles. The van der Waals surface area contributed by atoms with Gasteiger partial charge in [0, 0.05) is 17.5 Å². The van der Waals surface area contributed by atoms with Crippen LogP contribution < -0.4 is 10.6 Å². The smallest absolute Gasteiger partial charge is 0.252 e. The summed E-state index contributed by atoms with van der Waals surface area (Å²) in [5, 5.41) is 6.26. The molecular formula is C22H32N2O2S. The van der Waals surface area contributed by atoms with Crippen LogP contribution in [0, 0.1) is 5.92 Å². The minimum absolute atomic E-state index is 0.00684. The van der Waals surface area contributed by atoms with Crippen LogP contribution in [0.1, 0.15) is 74.6 Å². The molecule has 0 saturated heterocycles. The molecule has 27 heavy (non-hydrogen) atoms. The van der Waals surface area contributed by atoms with Gasteiger partial charge in [0.1, 0.15) is 0 Å². The zero-order valence-corrected chi connectivity index (χ0v) is 17.0. The fourth-order valence-corrected chi connectivity index (χ4v) is 5.01. The molecule has 2 N–H and O–H groups in total. The summed E-state index contributed by atoms with van der Waals surface area (Å²) >= 11 is 1.46. The van der Waals surface area contributed by atoms with Gasteiger partial charge in [0.05, 0.1) is 11.3 Å². The summed E-state index contributed by atoms with van der Waals surface area (Å²) in [5.41, 5.74) is 0.688. The molecule has 0 radical (unpaired) electrons. The van der Waals surface area contributed by atoms with Crippen LogP contribution in [0.5, 0.6) is 0 Å². The van der Waals surface area contributed by atoms with E-state index in [4.69, 9.17) is 0 Å². The highest BCUT2D eigenvalue weighted by Gasteiger charge is 2.19. The van der Waals surface area contributed by atoms with Crippen LogP contribution in [0.15, 0.2) is 29.2 Å². The molecule has 2 fully saturated rings. The summed E-state index contributed by atoms with van der Waals surface area (Å²) in [5.74, 6) is 1.06. The van der Waals surface area contributed by atoms with Crippen LogP contribution in [0.4, 0.5) is 0 Å². The summed E-state index contributed by atoms with van der Waals surface area (Å²) in [6, 6.07) is 7.92. The van der Waals surface area contributed by atoms with E-state index in [0.29, 0.717) is 23.3 Å². The summed E-state index contributed by atoms with van der Waals surface area (Å²) in [6.45, 7) is 0.795. The normalized spacial score (nSPS) is 18.8. The Kier molecular flexibility index (Phi) is 8.06. The predicted molar refractivity (Wildman–Crippen MR) is 111 cm³/mol. The van der Waals surface area contributed by atoms with Gasteiger partial charge in [-0.15, -0.1) is 11.8 Å². The Morgan fingerprint density at radius 3 is 2.33 bits per heavy atom. The van der Waals surface area contributed by atoms with Gasteiger partial charge in [-0.25, -0.2) is 0 Å². The van der Waals surface area contributed by atoms with Crippen molar-refractivity contribution in [2.45, 2.75) is 75.1 Å². The second-order valence-electron chi connectivity index (χ2n) is 7.90. The molecule has 2 amide bonds. The lowest BCUT2D eigenvalue weighted by molar-refractivity contribution is -0.118. The van der Waals surface area contributed by atoms with E-state index in [2.05, 4.69) is 10.6 Å². The van der Waals surface area contributed by atoms with E-state index in [1.807, 2.05) is 24.3 Å². The Balaban J connectivity index is 1.47. The van der Waals surface area contributed by atoms with Crippen LogP contribution in [0.3, 0.4) is 0 Å². The zero-order valence-electron chi connectivity index (χ0n) is 16.2. The molecule has 0 spiro atoms. The first-order valence-corrected chi connectivity index (χ1v) is 11.5. The van der Waals surface area contributed by atoms with Crippen molar-refractivity contribution in [3.05, 3.63) is 29.8 Å². The van der Waals surface area contributed by atoms with Crippen LogP contribution in [-0.2, 0) is 4.79 Å². The fourth-order valence-electron chi connectivity index (χ4n) is 4.13. The van der Waals surface area contributed by atoms with E-state index in [-0.39, 0.29) is 11.8 Å². The summed E-state index contributed by atoms with van der Waals surface area (Å²) in [7, 11) is 0. The van der Waals surface area contributed by atoms with Crippen molar-refractivity contribution < 1.29 is 9.59 Å². The highest BCUT2D eigenvalue weighted by atomic mass is 32.2. The average Bonchev–Trinajstić information content (AvgIpc) is 2.72. The first-order valence-electron chi connectivity index (χ1n) is 10.5. The molecule has 0 bridgehead atoms. The Morgan fingerprint density at radius 1 is 0.926 bits per heavy atom. The number of benzene rings is 1. The van der Waals surface area contributed by atoms with Crippen molar-refractivity contribution in [1.29, 1.82) is 0 Å². The van der Waals surface area contributed by atoms with Crippen LogP contribution in [0.25, 0.3) is 0 Å². The Labute approximate surface area is 167 Å². The highest BCUT2D eigenvalue weighted by Crippen LogP contribution is 2.25. The van der Waals surface area contributed by atoms with E-state index >= 15 is 0 Å². The molecule has 2 saturated carbocycles. The maximum Gasteiger partial charge on any atom is 0.252 e. The molecule has 2 aliphatic rings. The average molecular weight is 389 g/mol. The van der Waals surface area contributed by atoms with Gasteiger partial charge in [-0.1, -0.05) is 50.7 Å². The van der Waals surface area contributed by atoms with E-state index in [9.17, 15) is 9.59 Å². The maximum absolute atomic E-state index is 12.7. The molecule has 0 unspecified atom stereocenters. The second-order valence-corrected chi connectivity index (χ2v) is 8.92. The molecule has 3 rings (SSSR count). The molecule has 1 aromatic carbocycles. The number of hydrogen-bond donors (Lipinski definition) is 2. The minimum Gasteiger partial charge on any atom is -0.355 e. The van der Waals surface area contributed by atoms with E-state index in [0.717, 1.165) is 24.3 Å². The molecule has 0 aliphatic heterocycles. The molecule has 2 aliphatic carbocycles. The maximum atomic E-state index is 12.7. The van der Waals surface area contributed by atoms with Gasteiger partial charge in [0.2, 0.25) is 5.91 Å². The third-order valence-corrected chi connectivity index (χ3v) is 6.82. The van der Waals surface area contributed by atoms with Crippen molar-refractivity contribution >= 4 is 23.6 Å². The van der Waals surface area contributed by atoms with Gasteiger partial charge in [-0.2, -0.15) is 0 Å². The monoisotopic (exact) mass is 388 g/mol. The topological polar surface area (TPSA) is 58.2 Å². The number of carbonyl (C=O) groups is 2. The molecule has 1 aromatic rings. The van der Waals surface area contributed by atoms with Crippen LogP contribution >= 0.6 is 11.8 Å². The first kappa shape index (κ1) is 20.2. The van der Waals surface area contributed by atoms with Crippen LogP contribution in [0.2, 0.25) is 0 Å². The first-order chi connectivity index (χ1) is 13.2. The number of amides is 2. The van der Waals surface area contributed by atoms with Gasteiger partial charge in [-0.3, -0.25) is 9.59 Å². The summed E-state index contributed by atoms with van der Waals surface area (Å²) in [6.07, 6.45) is 12.2. The largest absolute Gasteiger partial charge is 0.355 e. The number of hydrogen-bond acceptors (Lipinski definition) is 3. The van der Waals surface area contributed by atoms with Gasteiger partial charge in [0.25, 0.3) is 5.91 Å². The van der Waals surface area contributed by atoms with E-state index in [1.165, 1.54) is 63.1 Å². The van der Waals surface area contributed by atoms with Crippen molar-refractivity contribution in [2.24, 2.45) is 5.92 Å². The number of rotatable bonds is 7. The van der Waals surface area contributed by atoms with Crippen molar-refractivity contribution in [3.63, 3.8) is 0 Å². The lowest BCUT2D eigenvalue weighted by atomic mass is 9.89. The molecule has 0 atom stereocenters. The third kappa shape index (κ3) is 6.56. The quantitative estimate of drug-likeness (QED) is 0.674. The number of thioether (sulfide) groups is 1. The minimum atomic E-state index is -0.00684. The highest BCUT2D eigenvalue weighted by molar-refractivity contribution is 8.00. The standard InChI is InChI=1S/C22H32N2O2S/c25-21(23-15-17-9-3-1-4-10-17)16-27-20-14-8-7-13-19(20)22(26)24-18-11-5-2-6-12-18/h7-8,13-14,17-18H,1-6,9-12,15-16H2,(H,23,25)(H,24,26). The molecule has 148 valence electrons. The fraction of sp³-hybridized carbons (Fsp3) is 0.636. The van der Waals surface area contributed by atoms with Crippen molar-refractivity contribution in [2.75, 3.05) is 12.3 Å². The Bertz CT molecular complexity index is 622. The number of nitrogens with one attached hydrogen (secondary N) is 2. The Hall–Kier alpha value is -1.49. The van der Waals surface area contributed by atoms with Gasteiger partial charge in [0.15, 0.2) is 0 Å². The molecule has 0 aromatic heterocycles. The molecule has 5 heteroatoms. The van der Waals surface area contributed by atoms with E-state index < -0.39 is 0 Å². The lowest BCUT2D eigenvalue weighted by Gasteiger charge is -2.23. The van der Waals surface area contributed by atoms with Crippen molar-refractivity contribution in [1.82, 2.24) is 10.6 Å². The van der Waals surface area contributed by atoms with Gasteiger partial charge >= 0.3 is 0 Å². The Morgan fingerprint density at radius 2 is 1.59 bits per heavy atom. The molecular weight excluding hydrogens is 356 g/mol. The predicted octanol–water partition coefficient (Wildman–Crippen LogP) is 4.54. The van der Waals surface area contributed by atoms with Crippen molar-refractivity contribution in [3.8, 4) is 0 Å². The van der Waals surface area contributed by atoms with E-state index in [1.54, 1.807) is 0 Å². The van der Waals surface area contributed by atoms with Gasteiger partial charge < -0.3 is 10.6 Å². The second kappa shape index (κ2) is 10.7.